The first-order chi connectivity index (χ1) is 11.7. The number of nitrogens with one attached hydrogen (secondary N) is 1. The van der Waals surface area contributed by atoms with Gasteiger partial charge >= 0.3 is 0 Å². The minimum absolute atomic E-state index is 0.00477. The topological polar surface area (TPSA) is 59.4 Å². The average Bonchev–Trinajstić information content (AvgIpc) is 3.10. The van der Waals surface area contributed by atoms with Crippen molar-refractivity contribution in [1.82, 2.24) is 15.1 Å². The van der Waals surface area contributed by atoms with Gasteiger partial charge in [0, 0.05) is 37.6 Å². The summed E-state index contributed by atoms with van der Waals surface area (Å²) in [4.78, 5) is 18.4. The highest BCUT2D eigenvalue weighted by Crippen LogP contribution is 2.27. The lowest BCUT2D eigenvalue weighted by Gasteiger charge is -2.36. The van der Waals surface area contributed by atoms with E-state index in [0.717, 1.165) is 58.4 Å². The molecule has 0 spiro atoms. The van der Waals surface area contributed by atoms with Crippen molar-refractivity contribution in [3.8, 4) is 6.07 Å². The molecule has 1 saturated carbocycles. The molecular formula is C18H26N4OS. The molecule has 1 saturated heterocycles. The molecule has 0 aromatic carbocycles. The molecule has 1 N–H and O–H groups in total. The van der Waals surface area contributed by atoms with Crippen molar-refractivity contribution >= 4 is 17.2 Å². The molecule has 130 valence electrons. The van der Waals surface area contributed by atoms with Gasteiger partial charge in [0.15, 0.2) is 0 Å². The van der Waals surface area contributed by atoms with Crippen LogP contribution >= 0.6 is 11.3 Å². The van der Waals surface area contributed by atoms with E-state index in [-0.39, 0.29) is 5.91 Å². The van der Waals surface area contributed by atoms with Crippen LogP contribution in [0.25, 0.3) is 0 Å². The Balaban J connectivity index is 1.42. The molecule has 1 amide bonds. The summed E-state index contributed by atoms with van der Waals surface area (Å²) in [5, 5.41) is 14.6. The largest absolute Gasteiger partial charge is 0.337 e. The molecule has 0 unspecified atom stereocenters. The van der Waals surface area contributed by atoms with E-state index in [9.17, 15) is 10.1 Å². The Bertz CT molecular complexity index is 566. The van der Waals surface area contributed by atoms with Crippen LogP contribution in [0.4, 0.5) is 0 Å². The van der Waals surface area contributed by atoms with E-state index >= 15 is 0 Å². The summed E-state index contributed by atoms with van der Waals surface area (Å²) in [6.07, 6.45) is 4.84. The van der Waals surface area contributed by atoms with Gasteiger partial charge in [-0.05, 0) is 24.3 Å². The van der Waals surface area contributed by atoms with Gasteiger partial charge in [-0.3, -0.25) is 14.6 Å². The normalized spacial score (nSPS) is 22.0. The monoisotopic (exact) mass is 346 g/mol. The van der Waals surface area contributed by atoms with Crippen LogP contribution in [0.5, 0.6) is 0 Å². The number of hydrogen-bond acceptors (Lipinski definition) is 5. The third kappa shape index (κ3) is 4.56. The fourth-order valence-corrected chi connectivity index (χ4v) is 4.40. The zero-order chi connectivity index (χ0) is 16.8. The van der Waals surface area contributed by atoms with Crippen LogP contribution in [-0.4, -0.2) is 54.0 Å². The Hall–Kier alpha value is -1.42. The zero-order valence-electron chi connectivity index (χ0n) is 14.2. The van der Waals surface area contributed by atoms with Gasteiger partial charge in [-0.1, -0.05) is 25.3 Å². The first kappa shape index (κ1) is 17.4. The van der Waals surface area contributed by atoms with Crippen molar-refractivity contribution in [3.63, 3.8) is 0 Å². The van der Waals surface area contributed by atoms with Gasteiger partial charge in [0.25, 0.3) is 0 Å². The van der Waals surface area contributed by atoms with E-state index in [4.69, 9.17) is 0 Å². The van der Waals surface area contributed by atoms with Gasteiger partial charge in [-0.15, -0.1) is 11.3 Å². The predicted molar refractivity (Wildman–Crippen MR) is 95.6 cm³/mol. The summed E-state index contributed by atoms with van der Waals surface area (Å²) in [6.45, 7) is 5.24. The number of piperazine rings is 1. The second kappa shape index (κ2) is 8.11. The van der Waals surface area contributed by atoms with Crippen molar-refractivity contribution < 1.29 is 4.79 Å². The van der Waals surface area contributed by atoms with E-state index in [1.807, 2.05) is 0 Å². The Kier molecular flexibility index (Phi) is 5.88. The molecule has 0 atom stereocenters. The van der Waals surface area contributed by atoms with Crippen LogP contribution in [0.15, 0.2) is 17.5 Å². The van der Waals surface area contributed by atoms with Gasteiger partial charge in [0.1, 0.15) is 5.54 Å². The highest BCUT2D eigenvalue weighted by molar-refractivity contribution is 7.09. The summed E-state index contributed by atoms with van der Waals surface area (Å²) in [6, 6.07) is 6.63. The molecule has 2 heterocycles. The summed E-state index contributed by atoms with van der Waals surface area (Å²) in [5.41, 5.74) is -0.615. The first-order valence-corrected chi connectivity index (χ1v) is 9.76. The number of hydrogen-bond donors (Lipinski definition) is 1. The highest BCUT2D eigenvalue weighted by atomic mass is 32.1. The molecule has 1 aliphatic heterocycles. The van der Waals surface area contributed by atoms with Crippen LogP contribution < -0.4 is 5.32 Å². The summed E-state index contributed by atoms with van der Waals surface area (Å²) in [5.74, 6) is 0.00477. The number of nitriles is 1. The van der Waals surface area contributed by atoms with Crippen molar-refractivity contribution in [3.05, 3.63) is 22.4 Å². The van der Waals surface area contributed by atoms with E-state index < -0.39 is 5.54 Å². The zero-order valence-corrected chi connectivity index (χ0v) is 15.0. The van der Waals surface area contributed by atoms with E-state index in [0.29, 0.717) is 6.54 Å². The van der Waals surface area contributed by atoms with Crippen molar-refractivity contribution in [2.24, 2.45) is 0 Å². The van der Waals surface area contributed by atoms with Crippen molar-refractivity contribution in [2.45, 2.75) is 44.2 Å². The minimum Gasteiger partial charge on any atom is -0.337 e. The minimum atomic E-state index is -0.615. The molecule has 0 radical (unpaired) electrons. The molecule has 24 heavy (non-hydrogen) atoms. The summed E-state index contributed by atoms with van der Waals surface area (Å²) >= 11 is 1.80. The Morgan fingerprint density at radius 2 is 1.92 bits per heavy atom. The van der Waals surface area contributed by atoms with E-state index in [1.54, 1.807) is 11.3 Å². The maximum Gasteiger partial charge on any atom is 0.235 e. The average molecular weight is 347 g/mol. The number of rotatable bonds is 5. The standard InChI is InChI=1S/C18H26N4OS/c19-15-18(6-2-1-3-7-18)20-17(23)14-22-10-8-21(9-11-22)13-16-5-4-12-24-16/h4-5,12H,1-3,6-11,13-14H2,(H,20,23). The summed E-state index contributed by atoms with van der Waals surface area (Å²) < 4.78 is 0. The van der Waals surface area contributed by atoms with Crippen LogP contribution in [0.1, 0.15) is 37.0 Å². The molecule has 2 aliphatic rings. The van der Waals surface area contributed by atoms with E-state index in [2.05, 4.69) is 38.7 Å². The van der Waals surface area contributed by atoms with Crippen LogP contribution in [0.2, 0.25) is 0 Å². The first-order valence-electron chi connectivity index (χ1n) is 8.88. The highest BCUT2D eigenvalue weighted by Gasteiger charge is 2.34. The summed E-state index contributed by atoms with van der Waals surface area (Å²) in [7, 11) is 0. The van der Waals surface area contributed by atoms with Crippen molar-refractivity contribution in [1.29, 1.82) is 5.26 Å². The number of nitrogens with zero attached hydrogens (tertiary/aromatic N) is 3. The Morgan fingerprint density at radius 3 is 2.54 bits per heavy atom. The fourth-order valence-electron chi connectivity index (χ4n) is 3.66. The van der Waals surface area contributed by atoms with Gasteiger partial charge < -0.3 is 5.32 Å². The number of carbonyl (C=O) groups is 1. The van der Waals surface area contributed by atoms with Gasteiger partial charge in [-0.25, -0.2) is 0 Å². The Morgan fingerprint density at radius 1 is 1.21 bits per heavy atom. The third-order valence-corrected chi connectivity index (χ3v) is 5.95. The predicted octanol–water partition coefficient (Wildman–Crippen LogP) is 2.21. The van der Waals surface area contributed by atoms with Gasteiger partial charge in [-0.2, -0.15) is 5.26 Å². The second-order valence-corrected chi connectivity index (χ2v) is 7.97. The molecule has 2 fully saturated rings. The number of thiophene rings is 1. The molecular weight excluding hydrogens is 320 g/mol. The molecule has 3 rings (SSSR count). The smallest absolute Gasteiger partial charge is 0.235 e. The van der Waals surface area contributed by atoms with Crippen LogP contribution in [0, 0.1) is 11.3 Å². The molecule has 1 aliphatic carbocycles. The molecule has 6 heteroatoms. The quantitative estimate of drug-likeness (QED) is 0.888. The molecule has 1 aromatic rings. The van der Waals surface area contributed by atoms with Gasteiger partial charge in [0.2, 0.25) is 5.91 Å². The number of carbonyl (C=O) groups excluding carboxylic acids is 1. The van der Waals surface area contributed by atoms with Gasteiger partial charge in [0.05, 0.1) is 12.6 Å². The van der Waals surface area contributed by atoms with E-state index in [1.165, 1.54) is 11.3 Å². The lowest BCUT2D eigenvalue weighted by Crippen LogP contribution is -2.54. The molecule has 1 aromatic heterocycles. The second-order valence-electron chi connectivity index (χ2n) is 6.93. The van der Waals surface area contributed by atoms with Crippen LogP contribution in [0.3, 0.4) is 0 Å². The SMILES string of the molecule is N#CC1(NC(=O)CN2CCN(Cc3cccs3)CC2)CCCCC1. The lowest BCUT2D eigenvalue weighted by atomic mass is 9.83. The molecule has 0 bridgehead atoms. The third-order valence-electron chi connectivity index (χ3n) is 5.09. The maximum absolute atomic E-state index is 12.4. The fraction of sp³-hybridized carbons (Fsp3) is 0.667. The number of amides is 1. The maximum atomic E-state index is 12.4. The van der Waals surface area contributed by atoms with Crippen LogP contribution in [-0.2, 0) is 11.3 Å². The lowest BCUT2D eigenvalue weighted by molar-refractivity contribution is -0.124. The Labute approximate surface area is 148 Å². The van der Waals surface area contributed by atoms with Crippen molar-refractivity contribution in [2.75, 3.05) is 32.7 Å². The molecule has 5 nitrogen and oxygen atoms in total.